The molecule has 0 saturated carbocycles. The van der Waals surface area contributed by atoms with Crippen molar-refractivity contribution in [2.75, 3.05) is 6.61 Å². The third-order valence-electron chi connectivity index (χ3n) is 3.72. The number of carboxylic acid groups (broad SMARTS) is 1. The minimum Gasteiger partial charge on any atom is -0.726 e. The summed E-state index contributed by atoms with van der Waals surface area (Å²) in [6.45, 7) is 2.19. The molecule has 0 aromatic heterocycles. The molecule has 0 amide bonds. The number of rotatable bonds is 15. The van der Waals surface area contributed by atoms with Crippen LogP contribution in [-0.4, -0.2) is 54.3 Å². The van der Waals surface area contributed by atoms with Crippen molar-refractivity contribution in [3.63, 3.8) is 0 Å². The fourth-order valence-corrected chi connectivity index (χ4v) is 2.97. The molecule has 0 aliphatic heterocycles. The minimum atomic E-state index is -4.92. The van der Waals surface area contributed by atoms with Gasteiger partial charge in [0.15, 0.2) is 5.25 Å². The van der Waals surface area contributed by atoms with Crippen LogP contribution in [0.15, 0.2) is 0 Å². The third kappa shape index (κ3) is 33.0. The van der Waals surface area contributed by atoms with Crippen LogP contribution in [0, 0.1) is 0 Å². The molecule has 0 radical (unpaired) electrons. The molecule has 31 heavy (non-hydrogen) atoms. The van der Waals surface area contributed by atoms with Gasteiger partial charge >= 0.3 is 65.1 Å². The first kappa shape index (κ1) is 39.0. The molecular formula is C16H30Na2O11S2. The first-order chi connectivity index (χ1) is 13.3. The summed E-state index contributed by atoms with van der Waals surface area (Å²) in [6, 6.07) is 0. The molecule has 174 valence electrons. The Morgan fingerprint density at radius 3 is 1.52 bits per heavy atom. The van der Waals surface area contributed by atoms with Crippen LogP contribution in [-0.2, 0) is 34.8 Å². The Hall–Kier alpha value is 0.720. The Balaban J connectivity index is -0.000000464. The van der Waals surface area contributed by atoms with Gasteiger partial charge in [0, 0.05) is 12.4 Å². The summed E-state index contributed by atoms with van der Waals surface area (Å²) < 4.78 is 68.4. The predicted octanol–water partition coefficient (Wildman–Crippen LogP) is -5.14. The molecule has 11 nitrogen and oxygen atoms in total. The van der Waals surface area contributed by atoms with Gasteiger partial charge in [-0.3, -0.25) is 13.9 Å². The molecule has 0 aliphatic rings. The number of esters is 1. The molecule has 0 aromatic rings. The maximum absolute atomic E-state index is 11.5. The zero-order valence-corrected chi connectivity index (χ0v) is 24.1. The topological polar surface area (TPSA) is 198 Å². The van der Waals surface area contributed by atoms with Crippen LogP contribution in [0.2, 0.25) is 0 Å². The number of carbonyl (C=O) groups is 2. The minimum absolute atomic E-state index is 0. The van der Waals surface area contributed by atoms with E-state index in [-0.39, 0.29) is 65.7 Å². The van der Waals surface area contributed by atoms with E-state index in [4.69, 9.17) is 26.8 Å². The van der Waals surface area contributed by atoms with Crippen molar-refractivity contribution >= 4 is 32.5 Å². The first-order valence-electron chi connectivity index (χ1n) is 9.30. The Labute approximate surface area is 229 Å². The van der Waals surface area contributed by atoms with Crippen molar-refractivity contribution in [1.29, 1.82) is 0 Å². The van der Waals surface area contributed by atoms with Crippen LogP contribution in [0.1, 0.15) is 77.6 Å². The Morgan fingerprint density at radius 2 is 1.19 bits per heavy atom. The van der Waals surface area contributed by atoms with Gasteiger partial charge in [-0.1, -0.05) is 64.7 Å². The van der Waals surface area contributed by atoms with Crippen molar-refractivity contribution < 1.29 is 109 Å². The fraction of sp³-hybridized carbons (Fsp3) is 0.875. The van der Waals surface area contributed by atoms with Gasteiger partial charge in [-0.05, 0) is 6.42 Å². The van der Waals surface area contributed by atoms with E-state index in [0.717, 1.165) is 19.3 Å². The molecule has 1 unspecified atom stereocenters. The molecule has 0 rings (SSSR count). The van der Waals surface area contributed by atoms with E-state index in [1.807, 2.05) is 0 Å². The first-order valence-corrected chi connectivity index (χ1v) is 12.2. The molecular weight excluding hydrogens is 478 g/mol. The van der Waals surface area contributed by atoms with Gasteiger partial charge < -0.3 is 19.2 Å². The molecule has 0 aromatic carbocycles. The Kier molecular flexibility index (Phi) is 28.3. The van der Waals surface area contributed by atoms with E-state index in [0.29, 0.717) is 6.42 Å². The molecule has 0 heterocycles. The largest absolute Gasteiger partial charge is 1.00 e. The van der Waals surface area contributed by atoms with Crippen LogP contribution in [0.25, 0.3) is 0 Å². The summed E-state index contributed by atoms with van der Waals surface area (Å²) in [7, 11) is -9.74. The van der Waals surface area contributed by atoms with Crippen molar-refractivity contribution in [3.8, 4) is 0 Å². The van der Waals surface area contributed by atoms with Gasteiger partial charge in [0.1, 0.15) is 0 Å². The Morgan fingerprint density at radius 1 is 0.839 bits per heavy atom. The molecule has 0 spiro atoms. The van der Waals surface area contributed by atoms with Gasteiger partial charge in [-0.15, -0.1) is 0 Å². The number of carboxylic acids is 1. The molecule has 1 atom stereocenters. The van der Waals surface area contributed by atoms with Crippen molar-refractivity contribution in [2.45, 2.75) is 82.8 Å². The SMILES string of the molecule is CCCCCCCCCCCCOC(=O)C(CC(=O)[O-])S(=O)(=O)O.O=S(=O)([O-])O.[Na+].[Na+]. The molecule has 0 saturated heterocycles. The zero-order valence-electron chi connectivity index (χ0n) is 18.4. The quantitative estimate of drug-likeness (QED) is 0.0705. The second-order valence-corrected chi connectivity index (χ2v) is 8.81. The van der Waals surface area contributed by atoms with Gasteiger partial charge in [0.05, 0.1) is 6.61 Å². The van der Waals surface area contributed by atoms with Gasteiger partial charge in [-0.2, -0.15) is 8.42 Å². The molecule has 0 fully saturated rings. The average Bonchev–Trinajstić information content (AvgIpc) is 2.54. The van der Waals surface area contributed by atoms with Crippen molar-refractivity contribution in [1.82, 2.24) is 0 Å². The van der Waals surface area contributed by atoms with Gasteiger partial charge in [0.2, 0.25) is 10.4 Å². The van der Waals surface area contributed by atoms with E-state index in [1.54, 1.807) is 0 Å². The smallest absolute Gasteiger partial charge is 0.726 e. The number of ether oxygens (including phenoxy) is 1. The van der Waals surface area contributed by atoms with Crippen LogP contribution in [0.3, 0.4) is 0 Å². The maximum atomic E-state index is 11.5. The van der Waals surface area contributed by atoms with Crippen LogP contribution in [0.4, 0.5) is 0 Å². The van der Waals surface area contributed by atoms with Gasteiger partial charge in [-0.25, -0.2) is 8.42 Å². The van der Waals surface area contributed by atoms with E-state index in [9.17, 15) is 23.1 Å². The number of hydrogen-bond acceptors (Lipinski definition) is 9. The standard InChI is InChI=1S/C16H30O7S.2Na.H2O4S/c1-2-3-4-5-6-7-8-9-10-11-12-23-16(19)14(13-15(17)18)24(20,21)22;;;1-5(2,3)4/h14H,2-13H2,1H3,(H,17,18)(H,20,21,22);;;(H2,1,2,3,4)/q;2*+1;/p-2. The zero-order chi connectivity index (χ0) is 22.9. The second kappa shape index (κ2) is 22.5. The average molecular weight is 509 g/mol. The summed E-state index contributed by atoms with van der Waals surface area (Å²) in [5.74, 6) is -2.99. The number of aliphatic carboxylic acids is 1. The molecule has 0 bridgehead atoms. The van der Waals surface area contributed by atoms with E-state index in [1.165, 1.54) is 38.5 Å². The number of unbranched alkanes of at least 4 members (excludes halogenated alkanes) is 9. The van der Waals surface area contributed by atoms with Crippen LogP contribution >= 0.6 is 0 Å². The third-order valence-corrected chi connectivity index (χ3v) is 4.79. The van der Waals surface area contributed by atoms with Crippen LogP contribution < -0.4 is 64.2 Å². The Bertz CT molecular complexity index is 659. The fourth-order valence-electron chi connectivity index (χ4n) is 2.32. The van der Waals surface area contributed by atoms with Crippen molar-refractivity contribution in [2.24, 2.45) is 0 Å². The molecule has 15 heteroatoms. The summed E-state index contributed by atoms with van der Waals surface area (Å²) in [4.78, 5) is 22.0. The van der Waals surface area contributed by atoms with Crippen molar-refractivity contribution in [3.05, 3.63) is 0 Å². The normalized spacial score (nSPS) is 11.7. The summed E-state index contributed by atoms with van der Waals surface area (Å²) in [5.41, 5.74) is 0. The molecule has 2 N–H and O–H groups in total. The van der Waals surface area contributed by atoms with E-state index < -0.39 is 44.1 Å². The van der Waals surface area contributed by atoms with E-state index in [2.05, 4.69) is 6.92 Å². The summed E-state index contributed by atoms with van der Waals surface area (Å²) in [5, 5.41) is 8.31. The van der Waals surface area contributed by atoms with Crippen LogP contribution in [0.5, 0.6) is 0 Å². The number of carbonyl (C=O) groups excluding carboxylic acids is 2. The van der Waals surface area contributed by atoms with Gasteiger partial charge in [0.25, 0.3) is 10.1 Å². The number of hydrogen-bond donors (Lipinski definition) is 2. The summed E-state index contributed by atoms with van der Waals surface area (Å²) in [6.07, 6.45) is 9.90. The second-order valence-electron chi connectivity index (χ2n) is 6.36. The summed E-state index contributed by atoms with van der Waals surface area (Å²) >= 11 is 0. The van der Waals surface area contributed by atoms with E-state index >= 15 is 0 Å². The molecule has 0 aliphatic carbocycles. The predicted molar refractivity (Wildman–Crippen MR) is 100 cm³/mol. The maximum Gasteiger partial charge on any atom is 1.00 e. The monoisotopic (exact) mass is 508 g/mol.